The van der Waals surface area contributed by atoms with E-state index >= 15 is 0 Å². The Balaban J connectivity index is 1.46. The molecule has 5 aromatic rings. The molecule has 0 aromatic carbocycles. The Morgan fingerprint density at radius 1 is 1.00 bits per heavy atom. The molecule has 0 radical (unpaired) electrons. The molecule has 5 heterocycles. The van der Waals surface area contributed by atoms with E-state index in [4.69, 9.17) is 4.98 Å². The normalized spacial score (nSPS) is 11.0. The summed E-state index contributed by atoms with van der Waals surface area (Å²) in [6.45, 7) is 1.14. The Bertz CT molecular complexity index is 1360. The fourth-order valence-corrected chi connectivity index (χ4v) is 3.76. The summed E-state index contributed by atoms with van der Waals surface area (Å²) in [7, 11) is 1.77. The molecule has 5 rings (SSSR count). The lowest BCUT2D eigenvalue weighted by Gasteiger charge is -2.15. The molecule has 0 N–H and O–H groups in total. The number of imidazole rings is 1. The Hall–Kier alpha value is -4.26. The first-order valence-corrected chi connectivity index (χ1v) is 10.4. The lowest BCUT2D eigenvalue weighted by atomic mass is 10.3. The molecule has 158 valence electrons. The van der Waals surface area contributed by atoms with Crippen molar-refractivity contribution in [2.45, 2.75) is 13.1 Å². The number of rotatable bonds is 6. The summed E-state index contributed by atoms with van der Waals surface area (Å²) in [5, 5.41) is 0. The molecule has 7 nitrogen and oxygen atoms in total. The highest BCUT2D eigenvalue weighted by Crippen LogP contribution is 2.24. The van der Waals surface area contributed by atoms with Crippen molar-refractivity contribution in [1.29, 1.82) is 0 Å². The molecule has 5 aromatic heterocycles. The van der Waals surface area contributed by atoms with E-state index in [-0.39, 0.29) is 5.91 Å². The fraction of sp³-hybridized carbons (Fsp3) is 0.120. The number of nitrogens with zero attached hydrogens (tertiary/aromatic N) is 6. The van der Waals surface area contributed by atoms with Gasteiger partial charge in [-0.3, -0.25) is 19.2 Å². The minimum Gasteiger partial charge on any atom is -0.349 e. The van der Waals surface area contributed by atoms with Crippen LogP contribution < -0.4 is 0 Å². The molecule has 7 heteroatoms. The van der Waals surface area contributed by atoms with Gasteiger partial charge in [-0.1, -0.05) is 18.2 Å². The van der Waals surface area contributed by atoms with Crippen LogP contribution >= 0.6 is 0 Å². The number of carbonyl (C=O) groups excluding carboxylic acids is 1. The first kappa shape index (κ1) is 19.7. The van der Waals surface area contributed by atoms with Crippen molar-refractivity contribution in [3.05, 3.63) is 109 Å². The van der Waals surface area contributed by atoms with Crippen molar-refractivity contribution in [2.24, 2.45) is 0 Å². The third kappa shape index (κ3) is 3.88. The Morgan fingerprint density at radius 3 is 2.72 bits per heavy atom. The van der Waals surface area contributed by atoms with Crippen LogP contribution in [0.1, 0.15) is 21.7 Å². The molecule has 1 amide bonds. The van der Waals surface area contributed by atoms with Gasteiger partial charge in [-0.25, -0.2) is 4.98 Å². The Kier molecular flexibility index (Phi) is 5.21. The molecule has 0 spiro atoms. The van der Waals surface area contributed by atoms with E-state index in [2.05, 4.69) is 14.5 Å². The molecule has 0 bridgehead atoms. The number of hydrogen-bond acceptors (Lipinski definition) is 4. The molecule has 32 heavy (non-hydrogen) atoms. The highest BCUT2D eigenvalue weighted by molar-refractivity contribution is 5.99. The number of hydrogen-bond donors (Lipinski definition) is 0. The van der Waals surface area contributed by atoms with Gasteiger partial charge in [-0.05, 0) is 42.0 Å². The summed E-state index contributed by atoms with van der Waals surface area (Å²) in [6.07, 6.45) is 11.4. The van der Waals surface area contributed by atoms with Crippen LogP contribution in [0.4, 0.5) is 0 Å². The molecule has 0 aliphatic rings. The monoisotopic (exact) mass is 422 g/mol. The van der Waals surface area contributed by atoms with Crippen LogP contribution in [0, 0.1) is 0 Å². The number of fused-ring (bicyclic) bond motifs is 1. The van der Waals surface area contributed by atoms with E-state index in [1.165, 1.54) is 0 Å². The minimum absolute atomic E-state index is 0.139. The van der Waals surface area contributed by atoms with E-state index in [1.54, 1.807) is 24.3 Å². The van der Waals surface area contributed by atoms with Crippen molar-refractivity contribution < 1.29 is 4.79 Å². The number of amides is 1. The van der Waals surface area contributed by atoms with E-state index in [0.29, 0.717) is 12.2 Å². The maximum Gasteiger partial charge on any atom is 0.274 e. The zero-order valence-corrected chi connectivity index (χ0v) is 17.7. The van der Waals surface area contributed by atoms with Gasteiger partial charge in [0.1, 0.15) is 5.82 Å². The van der Waals surface area contributed by atoms with E-state index in [9.17, 15) is 4.79 Å². The van der Waals surface area contributed by atoms with Crippen LogP contribution in [-0.2, 0) is 13.1 Å². The Labute approximate surface area is 185 Å². The lowest BCUT2D eigenvalue weighted by Crippen LogP contribution is -2.27. The maximum atomic E-state index is 13.3. The molecule has 0 fully saturated rings. The molecular formula is C25H22N6O. The fourth-order valence-electron chi connectivity index (χ4n) is 3.76. The number of aromatic nitrogens is 5. The van der Waals surface area contributed by atoms with Crippen LogP contribution in [0.2, 0.25) is 0 Å². The molecule has 0 unspecified atom stereocenters. The van der Waals surface area contributed by atoms with Crippen molar-refractivity contribution in [3.8, 4) is 11.4 Å². The largest absolute Gasteiger partial charge is 0.349 e. The van der Waals surface area contributed by atoms with Crippen molar-refractivity contribution in [1.82, 2.24) is 28.8 Å². The average molecular weight is 422 g/mol. The zero-order chi connectivity index (χ0) is 21.9. The molecule has 0 atom stereocenters. The van der Waals surface area contributed by atoms with Gasteiger partial charge in [0.25, 0.3) is 5.91 Å². The van der Waals surface area contributed by atoms with Gasteiger partial charge in [0, 0.05) is 56.3 Å². The standard InChI is InChI=1S/C25H22N6O/c1-29(18-21-8-2-4-12-27-21)25(32)23-22-9-3-5-13-31(22)24(28-23)20-10-14-30(17-20)16-19-7-6-11-26-15-19/h2-15,17H,16,18H2,1H3. The van der Waals surface area contributed by atoms with E-state index in [1.807, 2.05) is 83.8 Å². The van der Waals surface area contributed by atoms with Gasteiger partial charge in [0.05, 0.1) is 17.8 Å². The summed E-state index contributed by atoms with van der Waals surface area (Å²) in [4.78, 5) is 28.2. The van der Waals surface area contributed by atoms with Gasteiger partial charge in [0.2, 0.25) is 0 Å². The molecule has 0 saturated heterocycles. The predicted octanol–water partition coefficient (Wildman–Crippen LogP) is 3.91. The van der Waals surface area contributed by atoms with Gasteiger partial charge < -0.3 is 9.47 Å². The van der Waals surface area contributed by atoms with E-state index < -0.39 is 0 Å². The summed E-state index contributed by atoms with van der Waals surface area (Å²) in [5.41, 5.74) is 4.11. The van der Waals surface area contributed by atoms with Crippen molar-refractivity contribution >= 4 is 11.4 Å². The van der Waals surface area contributed by atoms with Gasteiger partial charge in [-0.2, -0.15) is 0 Å². The predicted molar refractivity (Wildman–Crippen MR) is 122 cm³/mol. The van der Waals surface area contributed by atoms with Crippen LogP contribution in [0.15, 0.2) is 91.8 Å². The third-order valence-corrected chi connectivity index (χ3v) is 5.32. The second-order valence-electron chi connectivity index (χ2n) is 7.66. The third-order valence-electron chi connectivity index (χ3n) is 5.32. The Morgan fingerprint density at radius 2 is 1.91 bits per heavy atom. The summed E-state index contributed by atoms with van der Waals surface area (Å²) in [5.74, 6) is 0.598. The summed E-state index contributed by atoms with van der Waals surface area (Å²) in [6, 6.07) is 17.5. The topological polar surface area (TPSA) is 68.3 Å². The first-order chi connectivity index (χ1) is 15.7. The SMILES string of the molecule is CN(Cc1ccccn1)C(=O)c1nc(-c2ccn(Cc3cccnc3)c2)n2ccccc12. The lowest BCUT2D eigenvalue weighted by molar-refractivity contribution is 0.0780. The molecule has 0 saturated carbocycles. The van der Waals surface area contributed by atoms with Crippen molar-refractivity contribution in [2.75, 3.05) is 7.05 Å². The number of carbonyl (C=O) groups is 1. The minimum atomic E-state index is -0.139. The van der Waals surface area contributed by atoms with Gasteiger partial charge >= 0.3 is 0 Å². The van der Waals surface area contributed by atoms with Gasteiger partial charge in [0.15, 0.2) is 5.69 Å². The molecule has 0 aliphatic heterocycles. The average Bonchev–Trinajstić information content (AvgIpc) is 3.44. The smallest absolute Gasteiger partial charge is 0.274 e. The molecular weight excluding hydrogens is 400 g/mol. The highest BCUT2D eigenvalue weighted by Gasteiger charge is 2.22. The summed E-state index contributed by atoms with van der Waals surface area (Å²) >= 11 is 0. The second kappa shape index (κ2) is 8.47. The molecule has 0 aliphatic carbocycles. The number of pyridine rings is 3. The van der Waals surface area contributed by atoms with Crippen LogP contribution in [-0.4, -0.2) is 41.8 Å². The van der Waals surface area contributed by atoms with E-state index in [0.717, 1.165) is 34.7 Å². The summed E-state index contributed by atoms with van der Waals surface area (Å²) < 4.78 is 4.05. The van der Waals surface area contributed by atoms with Crippen LogP contribution in [0.3, 0.4) is 0 Å². The maximum absolute atomic E-state index is 13.3. The van der Waals surface area contributed by atoms with Crippen LogP contribution in [0.25, 0.3) is 16.9 Å². The highest BCUT2D eigenvalue weighted by atomic mass is 16.2. The van der Waals surface area contributed by atoms with Gasteiger partial charge in [-0.15, -0.1) is 0 Å². The van der Waals surface area contributed by atoms with Crippen molar-refractivity contribution in [3.63, 3.8) is 0 Å². The van der Waals surface area contributed by atoms with Crippen LogP contribution in [0.5, 0.6) is 0 Å². The zero-order valence-electron chi connectivity index (χ0n) is 17.7. The second-order valence-corrected chi connectivity index (χ2v) is 7.66. The quantitative estimate of drug-likeness (QED) is 0.416. The first-order valence-electron chi connectivity index (χ1n) is 10.4.